The van der Waals surface area contributed by atoms with E-state index in [9.17, 15) is 19.4 Å². The summed E-state index contributed by atoms with van der Waals surface area (Å²) in [7, 11) is 1.56. The molecule has 2 N–H and O–H groups in total. The third-order valence-electron chi connectivity index (χ3n) is 6.94. The molecule has 188 valence electrons. The molecule has 4 rings (SSSR count). The fraction of sp³-hybridized carbons (Fsp3) is 0.357. The Kier molecular flexibility index (Phi) is 8.10. The van der Waals surface area contributed by atoms with Crippen molar-refractivity contribution < 1.29 is 24.1 Å². The van der Waals surface area contributed by atoms with Crippen LogP contribution in [-0.4, -0.2) is 52.8 Å². The van der Waals surface area contributed by atoms with Crippen molar-refractivity contribution in [3.05, 3.63) is 70.6 Å². The standard InChI is InChI=1S/C28H28ClFN2O4/c1-36-21-8-9-24-22(17-21)26(23(29)18-31-24)25(33)10-11-28(27(34)35)12-15-32(16-13-28)14-2-3-19-4-6-20(30)7-5-19/h4-9,17-18,25,33H,10-16H2,1H3,(H,34,35)/t25-/m0/s1. The molecule has 0 unspecified atom stereocenters. The van der Waals surface area contributed by atoms with Crippen LogP contribution in [0.2, 0.25) is 5.02 Å². The van der Waals surface area contributed by atoms with Gasteiger partial charge in [-0.2, -0.15) is 0 Å². The lowest BCUT2D eigenvalue weighted by atomic mass is 9.74. The quantitative estimate of drug-likeness (QED) is 0.432. The number of carbonyl (C=O) groups is 1. The van der Waals surface area contributed by atoms with E-state index in [1.165, 1.54) is 18.3 Å². The number of aliphatic carboxylic acids is 1. The Hall–Kier alpha value is -3.18. The van der Waals surface area contributed by atoms with Gasteiger partial charge in [-0.25, -0.2) is 4.39 Å². The maximum Gasteiger partial charge on any atom is 0.309 e. The first-order valence-electron chi connectivity index (χ1n) is 11.8. The number of hydrogen-bond donors (Lipinski definition) is 2. The molecule has 8 heteroatoms. The van der Waals surface area contributed by atoms with E-state index in [-0.39, 0.29) is 12.2 Å². The number of nitrogens with zero attached hydrogens (tertiary/aromatic N) is 2. The summed E-state index contributed by atoms with van der Waals surface area (Å²) in [5.41, 5.74) is 1.03. The molecule has 1 saturated heterocycles. The van der Waals surface area contributed by atoms with Crippen molar-refractivity contribution in [2.45, 2.75) is 31.8 Å². The highest BCUT2D eigenvalue weighted by Gasteiger charge is 2.41. The lowest BCUT2D eigenvalue weighted by Crippen LogP contribution is -2.44. The first-order valence-corrected chi connectivity index (χ1v) is 12.2. The van der Waals surface area contributed by atoms with E-state index in [1.807, 2.05) is 0 Å². The number of aromatic nitrogens is 1. The van der Waals surface area contributed by atoms with Crippen molar-refractivity contribution in [2.75, 3.05) is 26.7 Å². The molecule has 0 amide bonds. The van der Waals surface area contributed by atoms with Gasteiger partial charge in [-0.1, -0.05) is 23.4 Å². The maximum absolute atomic E-state index is 13.0. The van der Waals surface area contributed by atoms with Crippen molar-refractivity contribution in [3.63, 3.8) is 0 Å². The second kappa shape index (κ2) is 11.3. The number of carboxylic acids is 1. The van der Waals surface area contributed by atoms with E-state index in [2.05, 4.69) is 21.7 Å². The number of benzene rings is 2. The van der Waals surface area contributed by atoms with E-state index < -0.39 is 17.5 Å². The Balaban J connectivity index is 1.41. The molecular weight excluding hydrogens is 483 g/mol. The van der Waals surface area contributed by atoms with Gasteiger partial charge in [-0.3, -0.25) is 14.7 Å². The lowest BCUT2D eigenvalue weighted by Gasteiger charge is -2.38. The Morgan fingerprint density at radius 3 is 2.64 bits per heavy atom. The highest BCUT2D eigenvalue weighted by Crippen LogP contribution is 2.41. The molecule has 0 radical (unpaired) electrons. The van der Waals surface area contributed by atoms with Gasteiger partial charge >= 0.3 is 5.97 Å². The van der Waals surface area contributed by atoms with Crippen LogP contribution in [0.3, 0.4) is 0 Å². The van der Waals surface area contributed by atoms with Gasteiger partial charge < -0.3 is 14.9 Å². The van der Waals surface area contributed by atoms with E-state index in [4.69, 9.17) is 16.3 Å². The smallest absolute Gasteiger partial charge is 0.309 e. The number of methoxy groups -OCH3 is 1. The zero-order chi connectivity index (χ0) is 25.7. The van der Waals surface area contributed by atoms with Crippen molar-refractivity contribution >= 4 is 28.5 Å². The molecule has 1 aliphatic rings. The summed E-state index contributed by atoms with van der Waals surface area (Å²) in [6.07, 6.45) is 2.08. The summed E-state index contributed by atoms with van der Waals surface area (Å²) in [5, 5.41) is 22.2. The van der Waals surface area contributed by atoms with Crippen LogP contribution in [0, 0.1) is 23.1 Å². The van der Waals surface area contributed by atoms with Gasteiger partial charge in [0.2, 0.25) is 0 Å². The number of aliphatic hydroxyl groups excluding tert-OH is 1. The first kappa shape index (κ1) is 25.9. The molecule has 3 aromatic rings. The minimum atomic E-state index is -0.939. The van der Waals surface area contributed by atoms with Crippen molar-refractivity contribution in [1.82, 2.24) is 9.88 Å². The Labute approximate surface area is 214 Å². The zero-order valence-corrected chi connectivity index (χ0v) is 20.8. The lowest BCUT2D eigenvalue weighted by molar-refractivity contribution is -0.153. The summed E-state index contributed by atoms with van der Waals surface area (Å²) in [6.45, 7) is 1.70. The monoisotopic (exact) mass is 510 g/mol. The number of likely N-dealkylation sites (tertiary alicyclic amines) is 1. The third-order valence-corrected chi connectivity index (χ3v) is 7.25. The van der Waals surface area contributed by atoms with E-state index in [0.717, 1.165) is 5.56 Å². The number of rotatable bonds is 7. The summed E-state index contributed by atoms with van der Waals surface area (Å²) in [6, 6.07) is 11.4. The number of hydrogen-bond acceptors (Lipinski definition) is 5. The van der Waals surface area contributed by atoms with E-state index in [1.54, 1.807) is 37.4 Å². The van der Waals surface area contributed by atoms with E-state index >= 15 is 0 Å². The van der Waals surface area contributed by atoms with Gasteiger partial charge in [0.15, 0.2) is 0 Å². The van der Waals surface area contributed by atoms with Crippen LogP contribution in [0.15, 0.2) is 48.7 Å². The van der Waals surface area contributed by atoms with Gasteiger partial charge in [-0.05, 0) is 68.1 Å². The molecule has 1 aromatic heterocycles. The Morgan fingerprint density at radius 2 is 1.97 bits per heavy atom. The van der Waals surface area contributed by atoms with Crippen molar-refractivity contribution in [2.24, 2.45) is 5.41 Å². The average Bonchev–Trinajstić information content (AvgIpc) is 2.88. The molecule has 0 bridgehead atoms. The van der Waals surface area contributed by atoms with Crippen LogP contribution < -0.4 is 4.74 Å². The highest BCUT2D eigenvalue weighted by molar-refractivity contribution is 6.32. The second-order valence-electron chi connectivity index (χ2n) is 9.13. The molecule has 1 atom stereocenters. The molecule has 2 heterocycles. The summed E-state index contributed by atoms with van der Waals surface area (Å²) >= 11 is 6.41. The number of piperidine rings is 1. The average molecular weight is 511 g/mol. The van der Waals surface area contributed by atoms with Crippen LogP contribution in [0.1, 0.15) is 42.9 Å². The molecule has 1 fully saturated rings. The minimum absolute atomic E-state index is 0.257. The number of aliphatic hydroxyl groups is 1. The van der Waals surface area contributed by atoms with Gasteiger partial charge in [0.05, 0.1) is 35.7 Å². The SMILES string of the molecule is COc1ccc2ncc(Cl)c([C@@H](O)CCC3(C(=O)O)CCN(CC#Cc4ccc(F)cc4)CC3)c2c1. The normalized spacial score (nSPS) is 16.2. The Morgan fingerprint density at radius 1 is 1.25 bits per heavy atom. The van der Waals surface area contributed by atoms with Crippen molar-refractivity contribution in [3.8, 4) is 17.6 Å². The first-order chi connectivity index (χ1) is 17.3. The number of ether oxygens (including phenoxy) is 1. The summed E-state index contributed by atoms with van der Waals surface area (Å²) in [5.74, 6) is 5.58. The molecule has 1 aliphatic heterocycles. The third kappa shape index (κ3) is 5.79. The largest absolute Gasteiger partial charge is 0.497 e. The predicted molar refractivity (Wildman–Crippen MR) is 137 cm³/mol. The second-order valence-corrected chi connectivity index (χ2v) is 9.53. The highest BCUT2D eigenvalue weighted by atomic mass is 35.5. The Bertz CT molecular complexity index is 1290. The van der Waals surface area contributed by atoms with Crippen LogP contribution in [0.25, 0.3) is 10.9 Å². The fourth-order valence-electron chi connectivity index (χ4n) is 4.69. The number of carboxylic acid groups (broad SMARTS) is 1. The van der Waals surface area contributed by atoms with E-state index in [0.29, 0.717) is 66.1 Å². The summed E-state index contributed by atoms with van der Waals surface area (Å²) in [4.78, 5) is 18.7. The van der Waals surface area contributed by atoms with Gasteiger partial charge in [0.1, 0.15) is 11.6 Å². The maximum atomic E-state index is 13.0. The number of halogens is 2. The molecular formula is C28H28ClFN2O4. The summed E-state index contributed by atoms with van der Waals surface area (Å²) < 4.78 is 18.3. The number of pyridine rings is 1. The molecule has 0 saturated carbocycles. The zero-order valence-electron chi connectivity index (χ0n) is 20.0. The van der Waals surface area contributed by atoms with Crippen LogP contribution in [-0.2, 0) is 4.79 Å². The topological polar surface area (TPSA) is 82.9 Å². The molecule has 36 heavy (non-hydrogen) atoms. The van der Waals surface area contributed by atoms with Crippen LogP contribution in [0.5, 0.6) is 5.75 Å². The molecule has 0 spiro atoms. The molecule has 0 aliphatic carbocycles. The minimum Gasteiger partial charge on any atom is -0.497 e. The van der Waals surface area contributed by atoms with Gasteiger partial charge in [-0.15, -0.1) is 0 Å². The fourth-order valence-corrected chi connectivity index (χ4v) is 4.96. The van der Waals surface area contributed by atoms with Crippen LogP contribution >= 0.6 is 11.6 Å². The molecule has 2 aromatic carbocycles. The van der Waals surface area contributed by atoms with Crippen molar-refractivity contribution in [1.29, 1.82) is 0 Å². The van der Waals surface area contributed by atoms with Crippen LogP contribution in [0.4, 0.5) is 4.39 Å². The van der Waals surface area contributed by atoms with Gasteiger partial charge in [0, 0.05) is 35.8 Å². The predicted octanol–water partition coefficient (Wildman–Crippen LogP) is 5.07. The molecule has 6 nitrogen and oxygen atoms in total. The van der Waals surface area contributed by atoms with Gasteiger partial charge in [0.25, 0.3) is 0 Å². The number of fused-ring (bicyclic) bond motifs is 1.